The third-order valence-electron chi connectivity index (χ3n) is 5.47. The fourth-order valence-corrected chi connectivity index (χ4v) is 4.15. The zero-order valence-electron chi connectivity index (χ0n) is 16.2. The van der Waals surface area contributed by atoms with Gasteiger partial charge in [-0.05, 0) is 22.3 Å². The van der Waals surface area contributed by atoms with E-state index in [0.29, 0.717) is 6.42 Å². The highest BCUT2D eigenvalue weighted by Gasteiger charge is 2.44. The van der Waals surface area contributed by atoms with Crippen molar-refractivity contribution in [3.05, 3.63) is 144 Å². The molecule has 0 saturated carbocycles. The van der Waals surface area contributed by atoms with Gasteiger partial charge in [0, 0.05) is 12.3 Å². The van der Waals surface area contributed by atoms with E-state index in [4.69, 9.17) is 4.89 Å². The van der Waals surface area contributed by atoms with Gasteiger partial charge in [-0.3, -0.25) is 5.26 Å². The molecule has 0 aliphatic carbocycles. The number of benzene rings is 4. The topological polar surface area (TPSA) is 29.5 Å². The van der Waals surface area contributed by atoms with Crippen molar-refractivity contribution >= 4 is 0 Å². The highest BCUT2D eigenvalue weighted by atomic mass is 17.1. The molecule has 4 aromatic rings. The normalized spacial score (nSPS) is 13.2. The number of hydrogen-bond acceptors (Lipinski definition) is 2. The van der Waals surface area contributed by atoms with Crippen LogP contribution in [0.1, 0.15) is 28.2 Å². The molecular weight excluding hydrogens is 356 g/mol. The van der Waals surface area contributed by atoms with Crippen LogP contribution >= 0.6 is 0 Å². The minimum absolute atomic E-state index is 0.197. The number of hydrogen-bond donors (Lipinski definition) is 1. The van der Waals surface area contributed by atoms with Crippen molar-refractivity contribution in [2.45, 2.75) is 17.9 Å². The Morgan fingerprint density at radius 1 is 0.586 bits per heavy atom. The first-order chi connectivity index (χ1) is 14.3. The van der Waals surface area contributed by atoms with E-state index >= 15 is 0 Å². The molecule has 4 rings (SSSR count). The molecular formula is C27H24O2. The molecule has 29 heavy (non-hydrogen) atoms. The maximum absolute atomic E-state index is 10.5. The van der Waals surface area contributed by atoms with Crippen molar-refractivity contribution in [3.8, 4) is 0 Å². The summed E-state index contributed by atoms with van der Waals surface area (Å²) in [6, 6.07) is 40.7. The second-order valence-electron chi connectivity index (χ2n) is 7.26. The average molecular weight is 380 g/mol. The molecule has 0 aromatic heterocycles. The maximum Gasteiger partial charge on any atom is 0.143 e. The van der Waals surface area contributed by atoms with Gasteiger partial charge >= 0.3 is 0 Å². The molecule has 0 amide bonds. The largest absolute Gasteiger partial charge is 0.251 e. The molecule has 0 saturated heterocycles. The molecule has 144 valence electrons. The molecule has 0 aliphatic heterocycles. The summed E-state index contributed by atoms with van der Waals surface area (Å²) in [5.41, 5.74) is 3.23. The fraction of sp³-hybridized carbons (Fsp3) is 0.111. The zero-order chi connectivity index (χ0) is 19.9. The van der Waals surface area contributed by atoms with Gasteiger partial charge in [0.25, 0.3) is 0 Å². The van der Waals surface area contributed by atoms with E-state index in [2.05, 4.69) is 36.4 Å². The first-order valence-electron chi connectivity index (χ1n) is 9.85. The van der Waals surface area contributed by atoms with Gasteiger partial charge in [0.15, 0.2) is 0 Å². The van der Waals surface area contributed by atoms with Crippen LogP contribution in [0.5, 0.6) is 0 Å². The second-order valence-corrected chi connectivity index (χ2v) is 7.26. The van der Waals surface area contributed by atoms with Crippen molar-refractivity contribution in [1.82, 2.24) is 0 Å². The molecule has 0 fully saturated rings. The summed E-state index contributed by atoms with van der Waals surface area (Å²) < 4.78 is 0. The Morgan fingerprint density at radius 2 is 1.00 bits per heavy atom. The summed E-state index contributed by atoms with van der Waals surface area (Å²) >= 11 is 0. The molecule has 2 nitrogen and oxygen atoms in total. The Labute approximate surface area is 172 Å². The minimum atomic E-state index is -0.981. The maximum atomic E-state index is 10.5. The summed E-state index contributed by atoms with van der Waals surface area (Å²) in [5, 5.41) is 10.5. The Morgan fingerprint density at radius 3 is 1.45 bits per heavy atom. The van der Waals surface area contributed by atoms with E-state index in [1.807, 2.05) is 84.9 Å². The average Bonchev–Trinajstić information content (AvgIpc) is 2.81. The van der Waals surface area contributed by atoms with Gasteiger partial charge in [-0.15, -0.1) is 0 Å². The third kappa shape index (κ3) is 4.00. The summed E-state index contributed by atoms with van der Waals surface area (Å²) in [7, 11) is 0. The SMILES string of the molecule is OOC(Cc1ccccc1)(c1ccccc1)C(c1ccccc1)c1ccccc1. The second kappa shape index (κ2) is 8.87. The lowest BCUT2D eigenvalue weighted by atomic mass is 9.70. The van der Waals surface area contributed by atoms with Gasteiger partial charge < -0.3 is 0 Å². The predicted molar refractivity (Wildman–Crippen MR) is 117 cm³/mol. The summed E-state index contributed by atoms with van der Waals surface area (Å²) in [4.78, 5) is 5.50. The van der Waals surface area contributed by atoms with E-state index in [9.17, 15) is 5.26 Å². The lowest BCUT2D eigenvalue weighted by Gasteiger charge is -2.39. The highest BCUT2D eigenvalue weighted by molar-refractivity contribution is 5.42. The van der Waals surface area contributed by atoms with Crippen molar-refractivity contribution in [2.75, 3.05) is 0 Å². The van der Waals surface area contributed by atoms with E-state index in [0.717, 1.165) is 22.3 Å². The molecule has 1 unspecified atom stereocenters. The van der Waals surface area contributed by atoms with Gasteiger partial charge in [-0.25, -0.2) is 4.89 Å². The van der Waals surface area contributed by atoms with Crippen LogP contribution in [0.15, 0.2) is 121 Å². The molecule has 2 heteroatoms. The van der Waals surface area contributed by atoms with Crippen molar-refractivity contribution in [3.63, 3.8) is 0 Å². The molecule has 0 radical (unpaired) electrons. The van der Waals surface area contributed by atoms with Crippen LogP contribution < -0.4 is 0 Å². The van der Waals surface area contributed by atoms with Crippen LogP contribution in [0.4, 0.5) is 0 Å². The molecule has 1 atom stereocenters. The quantitative estimate of drug-likeness (QED) is 0.295. The molecule has 0 spiro atoms. The van der Waals surface area contributed by atoms with E-state index < -0.39 is 5.60 Å². The summed E-state index contributed by atoms with van der Waals surface area (Å²) in [6.07, 6.45) is 0.531. The van der Waals surface area contributed by atoms with Crippen LogP contribution in [0.2, 0.25) is 0 Å². The van der Waals surface area contributed by atoms with E-state index in [1.54, 1.807) is 0 Å². The lowest BCUT2D eigenvalue weighted by molar-refractivity contribution is -0.334. The van der Waals surface area contributed by atoms with E-state index in [1.165, 1.54) is 0 Å². The third-order valence-corrected chi connectivity index (χ3v) is 5.47. The van der Waals surface area contributed by atoms with Crippen molar-refractivity contribution < 1.29 is 10.1 Å². The predicted octanol–water partition coefficient (Wildman–Crippen LogP) is 6.45. The first kappa shape index (κ1) is 19.1. The van der Waals surface area contributed by atoms with Crippen LogP contribution in [-0.2, 0) is 16.9 Å². The summed E-state index contributed by atoms with van der Waals surface area (Å²) in [6.45, 7) is 0. The lowest BCUT2D eigenvalue weighted by Crippen LogP contribution is -2.39. The van der Waals surface area contributed by atoms with E-state index in [-0.39, 0.29) is 5.92 Å². The summed E-state index contributed by atoms with van der Waals surface area (Å²) in [5.74, 6) is -0.197. The Kier molecular flexibility index (Phi) is 5.85. The van der Waals surface area contributed by atoms with Crippen LogP contribution in [0.3, 0.4) is 0 Å². The monoisotopic (exact) mass is 380 g/mol. The smallest absolute Gasteiger partial charge is 0.143 e. The van der Waals surface area contributed by atoms with Gasteiger partial charge in [0.1, 0.15) is 5.60 Å². The van der Waals surface area contributed by atoms with Gasteiger partial charge in [0.2, 0.25) is 0 Å². The standard InChI is InChI=1S/C27H24O2/c28-29-27(25-19-11-4-12-20-25,21-22-13-5-1-6-14-22)26(23-15-7-2-8-16-23)24-17-9-3-10-18-24/h1-20,26,28H,21H2. The zero-order valence-corrected chi connectivity index (χ0v) is 16.2. The Hall–Kier alpha value is -3.20. The highest BCUT2D eigenvalue weighted by Crippen LogP contribution is 2.46. The van der Waals surface area contributed by atoms with Crippen LogP contribution in [0.25, 0.3) is 0 Å². The van der Waals surface area contributed by atoms with Crippen LogP contribution in [0, 0.1) is 0 Å². The van der Waals surface area contributed by atoms with Gasteiger partial charge in [-0.2, -0.15) is 0 Å². The molecule has 0 bridgehead atoms. The fourth-order valence-electron chi connectivity index (χ4n) is 4.15. The van der Waals surface area contributed by atoms with Gasteiger partial charge in [0.05, 0.1) is 0 Å². The van der Waals surface area contributed by atoms with Crippen LogP contribution in [-0.4, -0.2) is 5.26 Å². The van der Waals surface area contributed by atoms with Crippen molar-refractivity contribution in [1.29, 1.82) is 0 Å². The minimum Gasteiger partial charge on any atom is -0.251 e. The molecule has 4 aromatic carbocycles. The molecule has 0 aliphatic rings. The Balaban J connectivity index is 1.95. The molecule has 1 N–H and O–H groups in total. The Bertz CT molecular complexity index is 962. The molecule has 0 heterocycles. The van der Waals surface area contributed by atoms with Gasteiger partial charge in [-0.1, -0.05) is 121 Å². The number of rotatable bonds is 7. The first-order valence-corrected chi connectivity index (χ1v) is 9.85. The van der Waals surface area contributed by atoms with Crippen molar-refractivity contribution in [2.24, 2.45) is 0 Å².